The predicted molar refractivity (Wildman–Crippen MR) is 263 cm³/mol. The van der Waals surface area contributed by atoms with E-state index in [-0.39, 0.29) is 33.5 Å². The number of carbonyl (C=O) groups excluding carboxylic acids is 2. The molecule has 12 heteroatoms. The summed E-state index contributed by atoms with van der Waals surface area (Å²) in [5, 5.41) is 6.22. The number of carbonyl (C=O) groups is 2. The van der Waals surface area contributed by atoms with Crippen LogP contribution in [0.3, 0.4) is 0 Å². The average Bonchev–Trinajstić information content (AvgIpc) is 3.19. The molecule has 2 amide bonds. The third kappa shape index (κ3) is 11.0. The number of amides is 2. The minimum Gasteiger partial charge on any atom is -0.491 e. The van der Waals surface area contributed by atoms with Gasteiger partial charge in [0.1, 0.15) is 23.0 Å². The van der Waals surface area contributed by atoms with E-state index in [1.165, 1.54) is 0 Å². The molecule has 0 aromatic heterocycles. The van der Waals surface area contributed by atoms with Crippen molar-refractivity contribution < 1.29 is 28.5 Å². The molecule has 0 saturated carbocycles. The Morgan fingerprint density at radius 3 is 0.891 bits per heavy atom. The number of nitrogens with one attached hydrogen (secondary N) is 2. The molecule has 12 bridgehead atoms. The van der Waals surface area contributed by atoms with Gasteiger partial charge in [0.15, 0.2) is 12.2 Å². The highest BCUT2D eigenvalue weighted by atomic mass is 32.2. The van der Waals surface area contributed by atoms with Crippen molar-refractivity contribution in [1.29, 1.82) is 0 Å². The predicted octanol–water partition coefficient (Wildman–Crippen LogP) is 13.1. The van der Waals surface area contributed by atoms with Crippen LogP contribution in [0.2, 0.25) is 0 Å². The van der Waals surface area contributed by atoms with E-state index in [1.54, 1.807) is 47.0 Å². The molecular formula is C52H66N2O6S4. The SMILES string of the molecule is C[C@@H]1Oc2c3cc(C(C)(C)C)cc2Sc2cc(C(C)(C)C)cc4c2OCCCNC(=O)[C@H](C)Oc2c(cc(C(C)(C)C)cc2S4)Sc2cc(C(C)(C)C)cc(c2OCCCNC1=O)S3. The van der Waals surface area contributed by atoms with Gasteiger partial charge in [0.25, 0.3) is 11.8 Å². The summed E-state index contributed by atoms with van der Waals surface area (Å²) in [6.45, 7) is 32.1. The number of ether oxygens (including phenoxy) is 4. The molecule has 3 aliphatic rings. The zero-order valence-electron chi connectivity index (χ0n) is 40.1. The monoisotopic (exact) mass is 942 g/mol. The Morgan fingerprint density at radius 2 is 0.656 bits per heavy atom. The summed E-state index contributed by atoms with van der Waals surface area (Å²) < 4.78 is 27.7. The van der Waals surface area contributed by atoms with Crippen LogP contribution in [0.1, 0.15) is 132 Å². The van der Waals surface area contributed by atoms with Crippen LogP contribution >= 0.6 is 47.0 Å². The summed E-state index contributed by atoms with van der Waals surface area (Å²) in [7, 11) is 0. The van der Waals surface area contributed by atoms with Crippen LogP contribution in [0.4, 0.5) is 0 Å². The highest BCUT2D eigenvalue weighted by Gasteiger charge is 2.32. The van der Waals surface area contributed by atoms with E-state index in [9.17, 15) is 9.59 Å². The number of benzene rings is 4. The minimum absolute atomic E-state index is 0.178. The second-order valence-corrected chi connectivity index (χ2v) is 25.5. The Hall–Kier alpha value is -3.58. The lowest BCUT2D eigenvalue weighted by Crippen LogP contribution is -2.37. The zero-order chi connectivity index (χ0) is 46.5. The molecule has 4 aromatic rings. The van der Waals surface area contributed by atoms with Crippen molar-refractivity contribution in [3.63, 3.8) is 0 Å². The van der Waals surface area contributed by atoms with Gasteiger partial charge in [-0.05, 0) is 119 Å². The van der Waals surface area contributed by atoms with Gasteiger partial charge in [-0.2, -0.15) is 0 Å². The first-order valence-electron chi connectivity index (χ1n) is 22.5. The van der Waals surface area contributed by atoms with Crippen molar-refractivity contribution in [3.05, 3.63) is 70.8 Å². The van der Waals surface area contributed by atoms with E-state index < -0.39 is 12.2 Å². The summed E-state index contributed by atoms with van der Waals surface area (Å²) >= 11 is 6.47. The van der Waals surface area contributed by atoms with Gasteiger partial charge in [-0.15, -0.1) is 0 Å². The lowest BCUT2D eigenvalue weighted by atomic mass is 9.87. The fourth-order valence-electron chi connectivity index (χ4n) is 7.30. The Morgan fingerprint density at radius 1 is 0.422 bits per heavy atom. The van der Waals surface area contributed by atoms with Crippen LogP contribution in [0, 0.1) is 0 Å². The maximum absolute atomic E-state index is 13.7. The van der Waals surface area contributed by atoms with Gasteiger partial charge in [-0.25, -0.2) is 0 Å². The smallest absolute Gasteiger partial charge is 0.260 e. The molecule has 344 valence electrons. The highest BCUT2D eigenvalue weighted by Crippen LogP contribution is 2.56. The molecule has 3 heterocycles. The van der Waals surface area contributed by atoms with Crippen molar-refractivity contribution in [2.24, 2.45) is 0 Å². The molecule has 64 heavy (non-hydrogen) atoms. The molecule has 0 unspecified atom stereocenters. The largest absolute Gasteiger partial charge is 0.491 e. The van der Waals surface area contributed by atoms with Gasteiger partial charge >= 0.3 is 0 Å². The van der Waals surface area contributed by atoms with E-state index >= 15 is 0 Å². The average molecular weight is 943 g/mol. The Kier molecular flexibility index (Phi) is 14.1. The Balaban J connectivity index is 1.67. The maximum atomic E-state index is 13.7. The first-order valence-corrected chi connectivity index (χ1v) is 25.7. The molecular weight excluding hydrogens is 877 g/mol. The minimum atomic E-state index is -0.770. The Bertz CT molecular complexity index is 2270. The molecule has 2 N–H and O–H groups in total. The van der Waals surface area contributed by atoms with Crippen LogP contribution in [-0.2, 0) is 31.2 Å². The van der Waals surface area contributed by atoms with Crippen molar-refractivity contribution in [1.82, 2.24) is 10.6 Å². The normalized spacial score (nSPS) is 19.0. The summed E-state index contributed by atoms with van der Waals surface area (Å²) in [5.41, 5.74) is 3.66. The molecule has 0 fully saturated rings. The molecule has 3 aliphatic heterocycles. The summed E-state index contributed by atoms with van der Waals surface area (Å²) in [4.78, 5) is 34.8. The van der Waals surface area contributed by atoms with Crippen molar-refractivity contribution >= 4 is 58.9 Å². The van der Waals surface area contributed by atoms with Gasteiger partial charge in [0.05, 0.1) is 52.4 Å². The van der Waals surface area contributed by atoms with Crippen molar-refractivity contribution in [2.45, 2.75) is 183 Å². The molecule has 4 aromatic carbocycles. The molecule has 2 atom stereocenters. The fourth-order valence-corrected chi connectivity index (χ4v) is 12.0. The van der Waals surface area contributed by atoms with Crippen LogP contribution < -0.4 is 29.6 Å². The second kappa shape index (κ2) is 18.6. The fraction of sp³-hybridized carbons (Fsp3) is 0.500. The van der Waals surface area contributed by atoms with Gasteiger partial charge in [0, 0.05) is 13.1 Å². The van der Waals surface area contributed by atoms with Gasteiger partial charge < -0.3 is 29.6 Å². The quantitative estimate of drug-likeness (QED) is 0.156. The van der Waals surface area contributed by atoms with E-state index in [4.69, 9.17) is 18.9 Å². The molecule has 0 saturated heterocycles. The molecule has 7 rings (SSSR count). The third-order valence-electron chi connectivity index (χ3n) is 11.5. The standard InChI is InChI=1S/C52H66N2O6S4/c1-29-47(55)53-17-15-19-57-43-35-21-31(49(3,4)5)24-38(43)64-42-28-34(52(12,13)14)26-40-46(42)60-30(2)48(56)54-18-16-20-58-44-36(62-40)22-32(50(6,7)8)23-37(44)63-41-27-33(51(9,10)11)25-39(61-35)45(41)59-29/h21-30H,15-20H2,1-14H3,(H,53,55)(H,54,56)/t29-,30-/m0/s1. The Labute approximate surface area is 398 Å². The maximum Gasteiger partial charge on any atom is 0.260 e. The van der Waals surface area contributed by atoms with Crippen molar-refractivity contribution in [2.75, 3.05) is 26.3 Å². The van der Waals surface area contributed by atoms with Crippen LogP contribution in [-0.4, -0.2) is 50.3 Å². The van der Waals surface area contributed by atoms with Crippen LogP contribution in [0.5, 0.6) is 23.0 Å². The van der Waals surface area contributed by atoms with E-state index in [0.717, 1.165) is 72.9 Å². The van der Waals surface area contributed by atoms with E-state index in [2.05, 4.69) is 142 Å². The molecule has 0 spiro atoms. The van der Waals surface area contributed by atoms with Crippen LogP contribution in [0.15, 0.2) is 87.7 Å². The summed E-state index contributed by atoms with van der Waals surface area (Å²) in [6, 6.07) is 17.9. The lowest BCUT2D eigenvalue weighted by Gasteiger charge is -2.29. The van der Waals surface area contributed by atoms with Gasteiger partial charge in [-0.3, -0.25) is 9.59 Å². The van der Waals surface area contributed by atoms with E-state index in [0.29, 0.717) is 50.6 Å². The molecule has 8 nitrogen and oxygen atoms in total. The first kappa shape index (κ1) is 48.4. The number of hydrogen-bond donors (Lipinski definition) is 2. The lowest BCUT2D eigenvalue weighted by molar-refractivity contribution is -0.128. The second-order valence-electron chi connectivity index (χ2n) is 21.1. The van der Waals surface area contributed by atoms with Gasteiger partial charge in [0.2, 0.25) is 0 Å². The van der Waals surface area contributed by atoms with Crippen molar-refractivity contribution in [3.8, 4) is 23.0 Å². The highest BCUT2D eigenvalue weighted by molar-refractivity contribution is 8.01. The van der Waals surface area contributed by atoms with Gasteiger partial charge in [-0.1, -0.05) is 130 Å². The molecule has 0 radical (unpaired) electrons. The number of hydrogen-bond acceptors (Lipinski definition) is 10. The molecule has 0 aliphatic carbocycles. The topological polar surface area (TPSA) is 95.1 Å². The third-order valence-corrected chi connectivity index (χ3v) is 15.7. The zero-order valence-corrected chi connectivity index (χ0v) is 43.4. The summed E-state index contributed by atoms with van der Waals surface area (Å²) in [5.74, 6) is 2.42. The summed E-state index contributed by atoms with van der Waals surface area (Å²) in [6.07, 6.45) is -0.335. The van der Waals surface area contributed by atoms with Crippen LogP contribution in [0.25, 0.3) is 0 Å². The first-order chi connectivity index (χ1) is 29.9. The number of rotatable bonds is 0. The van der Waals surface area contributed by atoms with E-state index in [1.807, 2.05) is 13.8 Å².